The standard InChI is InChI=1S/C19H20N2O3/c1-12-7-8-14(9-13(12)2)20-17-11-18(22)21(19(17)23)15-5-4-6-16(10-15)24-3/h4-10,17,20H,11H2,1-3H3/t17-/m1/s1. The van der Waals surface area contributed by atoms with Crippen molar-refractivity contribution >= 4 is 23.2 Å². The van der Waals surface area contributed by atoms with Gasteiger partial charge in [-0.1, -0.05) is 12.1 Å². The monoisotopic (exact) mass is 324 g/mol. The molecule has 0 saturated carbocycles. The van der Waals surface area contributed by atoms with Crippen LogP contribution in [0.5, 0.6) is 5.75 Å². The van der Waals surface area contributed by atoms with Gasteiger partial charge >= 0.3 is 0 Å². The Kier molecular flexibility index (Phi) is 4.25. The first kappa shape index (κ1) is 16.1. The van der Waals surface area contributed by atoms with Gasteiger partial charge in [-0.2, -0.15) is 0 Å². The normalized spacial score (nSPS) is 17.3. The number of carbonyl (C=O) groups is 2. The van der Waals surface area contributed by atoms with Crippen molar-refractivity contribution in [2.24, 2.45) is 0 Å². The van der Waals surface area contributed by atoms with Gasteiger partial charge < -0.3 is 10.1 Å². The van der Waals surface area contributed by atoms with Crippen molar-refractivity contribution in [1.82, 2.24) is 0 Å². The fraction of sp³-hybridized carbons (Fsp3) is 0.263. The zero-order valence-corrected chi connectivity index (χ0v) is 14.0. The van der Waals surface area contributed by atoms with Gasteiger partial charge in [-0.05, 0) is 49.2 Å². The van der Waals surface area contributed by atoms with E-state index in [1.54, 1.807) is 31.4 Å². The van der Waals surface area contributed by atoms with Gasteiger partial charge in [0.05, 0.1) is 19.2 Å². The molecule has 0 radical (unpaired) electrons. The summed E-state index contributed by atoms with van der Waals surface area (Å²) in [6.45, 7) is 4.05. The largest absolute Gasteiger partial charge is 0.497 e. The average molecular weight is 324 g/mol. The molecule has 2 amide bonds. The van der Waals surface area contributed by atoms with Crippen LogP contribution in [-0.2, 0) is 9.59 Å². The maximum Gasteiger partial charge on any atom is 0.256 e. The van der Waals surface area contributed by atoms with Crippen molar-refractivity contribution in [2.45, 2.75) is 26.3 Å². The summed E-state index contributed by atoms with van der Waals surface area (Å²) in [5.41, 5.74) is 3.71. The Hall–Kier alpha value is -2.82. The summed E-state index contributed by atoms with van der Waals surface area (Å²) in [4.78, 5) is 26.2. The number of anilines is 2. The Morgan fingerprint density at radius 2 is 1.88 bits per heavy atom. The number of hydrogen-bond acceptors (Lipinski definition) is 4. The highest BCUT2D eigenvalue weighted by Gasteiger charge is 2.39. The molecule has 0 bridgehead atoms. The molecule has 1 saturated heterocycles. The van der Waals surface area contributed by atoms with Crippen LogP contribution in [-0.4, -0.2) is 25.0 Å². The Labute approximate surface area is 141 Å². The number of carbonyl (C=O) groups excluding carboxylic acids is 2. The summed E-state index contributed by atoms with van der Waals surface area (Å²) < 4.78 is 5.17. The molecule has 1 aliphatic rings. The lowest BCUT2D eigenvalue weighted by Gasteiger charge is -2.17. The first-order valence-corrected chi connectivity index (χ1v) is 7.84. The maximum absolute atomic E-state index is 12.7. The highest BCUT2D eigenvalue weighted by molar-refractivity contribution is 6.23. The Bertz CT molecular complexity index is 801. The van der Waals surface area contributed by atoms with Gasteiger partial charge in [0, 0.05) is 11.8 Å². The molecular formula is C19H20N2O3. The molecule has 0 spiro atoms. The lowest BCUT2D eigenvalue weighted by molar-refractivity contribution is -0.121. The second kappa shape index (κ2) is 6.35. The quantitative estimate of drug-likeness (QED) is 0.878. The molecule has 0 aromatic heterocycles. The molecule has 2 aromatic rings. The number of benzene rings is 2. The summed E-state index contributed by atoms with van der Waals surface area (Å²) in [5.74, 6) is 0.153. The molecule has 1 heterocycles. The predicted molar refractivity (Wildman–Crippen MR) is 93.4 cm³/mol. The second-order valence-corrected chi connectivity index (χ2v) is 5.97. The molecule has 5 heteroatoms. The first-order valence-electron chi connectivity index (χ1n) is 7.84. The third-order valence-corrected chi connectivity index (χ3v) is 4.31. The number of methoxy groups -OCH3 is 1. The molecule has 5 nitrogen and oxygen atoms in total. The van der Waals surface area contributed by atoms with Gasteiger partial charge in [0.2, 0.25) is 5.91 Å². The van der Waals surface area contributed by atoms with Gasteiger partial charge in [0.15, 0.2) is 0 Å². The van der Waals surface area contributed by atoms with Crippen molar-refractivity contribution in [3.05, 3.63) is 53.6 Å². The van der Waals surface area contributed by atoms with Crippen LogP contribution in [0, 0.1) is 13.8 Å². The van der Waals surface area contributed by atoms with Gasteiger partial charge in [0.1, 0.15) is 11.8 Å². The molecular weight excluding hydrogens is 304 g/mol. The number of amides is 2. The van der Waals surface area contributed by atoms with E-state index in [2.05, 4.69) is 5.32 Å². The Balaban J connectivity index is 1.82. The minimum Gasteiger partial charge on any atom is -0.497 e. The van der Waals surface area contributed by atoms with E-state index >= 15 is 0 Å². The van der Waals surface area contributed by atoms with E-state index < -0.39 is 6.04 Å². The molecule has 1 aliphatic heterocycles. The molecule has 1 fully saturated rings. The smallest absolute Gasteiger partial charge is 0.256 e. The molecule has 3 rings (SSSR count). The maximum atomic E-state index is 12.7. The molecule has 1 N–H and O–H groups in total. The van der Waals surface area contributed by atoms with Crippen molar-refractivity contribution in [1.29, 1.82) is 0 Å². The van der Waals surface area contributed by atoms with E-state index in [4.69, 9.17) is 4.74 Å². The van der Waals surface area contributed by atoms with Crippen LogP contribution >= 0.6 is 0 Å². The van der Waals surface area contributed by atoms with E-state index in [0.717, 1.165) is 11.3 Å². The molecule has 0 aliphatic carbocycles. The Morgan fingerprint density at radius 3 is 2.58 bits per heavy atom. The fourth-order valence-electron chi connectivity index (χ4n) is 2.80. The van der Waals surface area contributed by atoms with Crippen LogP contribution in [0.15, 0.2) is 42.5 Å². The highest BCUT2D eigenvalue weighted by Crippen LogP contribution is 2.28. The minimum absolute atomic E-state index is 0.142. The topological polar surface area (TPSA) is 58.6 Å². The van der Waals surface area contributed by atoms with Crippen molar-refractivity contribution in [2.75, 3.05) is 17.3 Å². The SMILES string of the molecule is COc1cccc(N2C(=O)C[C@@H](Nc3ccc(C)c(C)c3)C2=O)c1. The summed E-state index contributed by atoms with van der Waals surface area (Å²) in [6.07, 6.45) is 0.142. The number of aryl methyl sites for hydroxylation is 2. The lowest BCUT2D eigenvalue weighted by Crippen LogP contribution is -2.34. The zero-order chi connectivity index (χ0) is 17.3. The van der Waals surface area contributed by atoms with Crippen LogP contribution in [0.25, 0.3) is 0 Å². The van der Waals surface area contributed by atoms with Crippen LogP contribution in [0.2, 0.25) is 0 Å². The Morgan fingerprint density at radius 1 is 1.08 bits per heavy atom. The molecule has 0 unspecified atom stereocenters. The minimum atomic E-state index is -0.550. The third-order valence-electron chi connectivity index (χ3n) is 4.31. The van der Waals surface area contributed by atoms with Crippen molar-refractivity contribution < 1.29 is 14.3 Å². The molecule has 24 heavy (non-hydrogen) atoms. The molecule has 1 atom stereocenters. The summed E-state index contributed by atoms with van der Waals surface area (Å²) >= 11 is 0. The fourth-order valence-corrected chi connectivity index (χ4v) is 2.80. The van der Waals surface area contributed by atoms with Crippen LogP contribution < -0.4 is 15.0 Å². The number of imide groups is 1. The van der Waals surface area contributed by atoms with Gasteiger partial charge in [-0.15, -0.1) is 0 Å². The molecule has 2 aromatic carbocycles. The average Bonchev–Trinajstić information content (AvgIpc) is 2.85. The van der Waals surface area contributed by atoms with Gasteiger partial charge in [0.25, 0.3) is 5.91 Å². The summed E-state index contributed by atoms with van der Waals surface area (Å²) in [5, 5.41) is 3.17. The first-order chi connectivity index (χ1) is 11.5. The van der Waals surface area contributed by atoms with Gasteiger partial charge in [-0.3, -0.25) is 9.59 Å². The number of nitrogens with zero attached hydrogens (tertiary/aromatic N) is 1. The van der Waals surface area contributed by atoms with Crippen LogP contribution in [0.4, 0.5) is 11.4 Å². The predicted octanol–water partition coefficient (Wildman–Crippen LogP) is 3.06. The van der Waals surface area contributed by atoms with E-state index in [9.17, 15) is 9.59 Å². The summed E-state index contributed by atoms with van der Waals surface area (Å²) in [7, 11) is 1.55. The van der Waals surface area contributed by atoms with Crippen molar-refractivity contribution in [3.8, 4) is 5.75 Å². The van der Waals surface area contributed by atoms with Gasteiger partial charge in [-0.25, -0.2) is 4.90 Å². The van der Waals surface area contributed by atoms with E-state index in [-0.39, 0.29) is 18.2 Å². The number of nitrogens with one attached hydrogen (secondary N) is 1. The number of hydrogen-bond donors (Lipinski definition) is 1. The second-order valence-electron chi connectivity index (χ2n) is 5.97. The van der Waals surface area contributed by atoms with Crippen molar-refractivity contribution in [3.63, 3.8) is 0 Å². The number of ether oxygens (including phenoxy) is 1. The van der Waals surface area contributed by atoms with Crippen LogP contribution in [0.3, 0.4) is 0 Å². The third kappa shape index (κ3) is 2.97. The number of rotatable bonds is 4. The lowest BCUT2D eigenvalue weighted by atomic mass is 10.1. The summed E-state index contributed by atoms with van der Waals surface area (Å²) in [6, 6.07) is 12.3. The molecule has 124 valence electrons. The van der Waals surface area contributed by atoms with Crippen LogP contribution in [0.1, 0.15) is 17.5 Å². The highest BCUT2D eigenvalue weighted by atomic mass is 16.5. The zero-order valence-electron chi connectivity index (χ0n) is 14.0. The van der Waals surface area contributed by atoms with E-state index in [0.29, 0.717) is 11.4 Å². The van der Waals surface area contributed by atoms with E-state index in [1.165, 1.54) is 10.5 Å². The van der Waals surface area contributed by atoms with E-state index in [1.807, 2.05) is 32.0 Å².